The highest BCUT2D eigenvalue weighted by molar-refractivity contribution is 5.89. The molecule has 2 aromatic carbocycles. The third kappa shape index (κ3) is 2.45. The van der Waals surface area contributed by atoms with Gasteiger partial charge >= 0.3 is 0 Å². The molecule has 100 valence electrons. The minimum Gasteiger partial charge on any atom is -0.492 e. The van der Waals surface area contributed by atoms with Crippen molar-refractivity contribution < 1.29 is 9.84 Å². The van der Waals surface area contributed by atoms with E-state index in [4.69, 9.17) is 4.74 Å². The Morgan fingerprint density at radius 1 is 1.21 bits per heavy atom. The summed E-state index contributed by atoms with van der Waals surface area (Å²) in [6.07, 6.45) is 3.37. The van der Waals surface area contributed by atoms with Gasteiger partial charge in [-0.2, -0.15) is 0 Å². The monoisotopic (exact) mass is 256 g/mol. The van der Waals surface area contributed by atoms with E-state index in [2.05, 4.69) is 12.1 Å². The zero-order valence-electron chi connectivity index (χ0n) is 11.3. The number of ether oxygens (including phenoxy) is 1. The number of aliphatic hydroxyl groups excluding tert-OH is 1. The van der Waals surface area contributed by atoms with Crippen molar-refractivity contribution in [2.45, 2.75) is 32.3 Å². The van der Waals surface area contributed by atoms with Crippen LogP contribution < -0.4 is 4.74 Å². The van der Waals surface area contributed by atoms with Crippen LogP contribution in [0.1, 0.15) is 37.9 Å². The number of benzene rings is 2. The van der Waals surface area contributed by atoms with E-state index in [1.54, 1.807) is 6.92 Å². The molecule has 0 amide bonds. The summed E-state index contributed by atoms with van der Waals surface area (Å²) in [5, 5.41) is 12.2. The quantitative estimate of drug-likeness (QED) is 0.893. The van der Waals surface area contributed by atoms with Crippen LogP contribution in [-0.2, 0) is 0 Å². The predicted octanol–water partition coefficient (Wildman–Crippen LogP) is 4.07. The Morgan fingerprint density at radius 3 is 2.68 bits per heavy atom. The lowest BCUT2D eigenvalue weighted by Gasteiger charge is -2.26. The average Bonchev–Trinajstić information content (AvgIpc) is 2.36. The molecule has 1 aliphatic carbocycles. The van der Waals surface area contributed by atoms with Gasteiger partial charge in [-0.1, -0.05) is 42.8 Å². The van der Waals surface area contributed by atoms with Gasteiger partial charge in [0.25, 0.3) is 0 Å². The van der Waals surface area contributed by atoms with E-state index < -0.39 is 6.10 Å². The van der Waals surface area contributed by atoms with Gasteiger partial charge in [0.1, 0.15) is 5.75 Å². The molecule has 1 atom stereocenters. The van der Waals surface area contributed by atoms with Crippen molar-refractivity contribution in [3.63, 3.8) is 0 Å². The molecule has 0 saturated heterocycles. The third-order valence-electron chi connectivity index (χ3n) is 4.05. The van der Waals surface area contributed by atoms with Crippen LogP contribution in [-0.4, -0.2) is 11.7 Å². The smallest absolute Gasteiger partial charge is 0.132 e. The van der Waals surface area contributed by atoms with Gasteiger partial charge in [0.2, 0.25) is 0 Å². The summed E-state index contributed by atoms with van der Waals surface area (Å²) in [4.78, 5) is 0. The molecular formula is C17H20O2. The van der Waals surface area contributed by atoms with E-state index >= 15 is 0 Å². The zero-order valence-corrected chi connectivity index (χ0v) is 11.3. The van der Waals surface area contributed by atoms with Gasteiger partial charge in [-0.25, -0.2) is 0 Å². The van der Waals surface area contributed by atoms with E-state index in [1.165, 1.54) is 19.3 Å². The van der Waals surface area contributed by atoms with Crippen molar-refractivity contribution >= 4 is 10.8 Å². The fourth-order valence-corrected chi connectivity index (χ4v) is 2.61. The lowest BCUT2D eigenvalue weighted by Crippen LogP contribution is -2.20. The van der Waals surface area contributed by atoms with Crippen molar-refractivity contribution in [3.05, 3.63) is 42.0 Å². The minimum absolute atomic E-state index is 0.499. The normalized spacial score (nSPS) is 17.2. The first-order valence-electron chi connectivity index (χ1n) is 7.08. The van der Waals surface area contributed by atoms with Crippen LogP contribution >= 0.6 is 0 Å². The summed E-state index contributed by atoms with van der Waals surface area (Å²) < 4.78 is 6.06. The summed E-state index contributed by atoms with van der Waals surface area (Å²) >= 11 is 0. The highest BCUT2D eigenvalue weighted by Gasteiger charge is 2.20. The maximum Gasteiger partial charge on any atom is 0.132 e. The van der Waals surface area contributed by atoms with Crippen molar-refractivity contribution in [3.8, 4) is 5.75 Å². The topological polar surface area (TPSA) is 29.5 Å². The molecular weight excluding hydrogens is 236 g/mol. The van der Waals surface area contributed by atoms with E-state index in [9.17, 15) is 5.11 Å². The molecule has 1 N–H and O–H groups in total. The van der Waals surface area contributed by atoms with Crippen LogP contribution in [0.25, 0.3) is 10.8 Å². The summed E-state index contributed by atoms with van der Waals surface area (Å²) in [5.74, 6) is 1.56. The highest BCUT2D eigenvalue weighted by Crippen LogP contribution is 2.35. The molecule has 2 aromatic rings. The second-order valence-corrected chi connectivity index (χ2v) is 5.49. The van der Waals surface area contributed by atoms with Gasteiger partial charge in [-0.3, -0.25) is 0 Å². The van der Waals surface area contributed by atoms with Crippen molar-refractivity contribution in [2.24, 2.45) is 5.92 Å². The van der Waals surface area contributed by atoms with Crippen LogP contribution in [0.15, 0.2) is 36.4 Å². The molecule has 19 heavy (non-hydrogen) atoms. The van der Waals surface area contributed by atoms with Crippen LogP contribution in [0.5, 0.6) is 5.75 Å². The number of rotatable bonds is 4. The number of hydrogen-bond donors (Lipinski definition) is 1. The molecule has 3 rings (SSSR count). The molecule has 2 nitrogen and oxygen atoms in total. The maximum atomic E-state index is 9.92. The molecule has 0 spiro atoms. The van der Waals surface area contributed by atoms with Crippen LogP contribution in [0.2, 0.25) is 0 Å². The lowest BCUT2D eigenvalue weighted by molar-refractivity contribution is 0.166. The van der Waals surface area contributed by atoms with E-state index in [0.29, 0.717) is 5.92 Å². The maximum absolute atomic E-state index is 9.92. The van der Waals surface area contributed by atoms with Crippen LogP contribution in [0.3, 0.4) is 0 Å². The van der Waals surface area contributed by atoms with Gasteiger partial charge in [-0.05, 0) is 31.1 Å². The Morgan fingerprint density at radius 2 is 2.00 bits per heavy atom. The molecule has 0 aliphatic heterocycles. The lowest BCUT2D eigenvalue weighted by atomic mass is 9.86. The molecule has 0 aromatic heterocycles. The molecule has 1 aliphatic rings. The largest absolute Gasteiger partial charge is 0.492 e. The summed E-state index contributed by atoms with van der Waals surface area (Å²) in [6.45, 7) is 2.56. The molecule has 1 saturated carbocycles. The van der Waals surface area contributed by atoms with Gasteiger partial charge in [0, 0.05) is 10.9 Å². The summed E-state index contributed by atoms with van der Waals surface area (Å²) in [6, 6.07) is 12.2. The van der Waals surface area contributed by atoms with Crippen molar-refractivity contribution in [1.29, 1.82) is 0 Å². The Bertz CT molecular complexity index is 570. The number of fused-ring (bicyclic) bond motifs is 1. The fourth-order valence-electron chi connectivity index (χ4n) is 2.61. The molecule has 0 radical (unpaired) electrons. The Balaban J connectivity index is 1.98. The van der Waals surface area contributed by atoms with Crippen LogP contribution in [0.4, 0.5) is 0 Å². The minimum atomic E-state index is -0.499. The first-order chi connectivity index (χ1) is 9.25. The van der Waals surface area contributed by atoms with Crippen molar-refractivity contribution in [1.82, 2.24) is 0 Å². The van der Waals surface area contributed by atoms with Gasteiger partial charge in [0.05, 0.1) is 12.7 Å². The summed E-state index contributed by atoms with van der Waals surface area (Å²) in [5.41, 5.74) is 0.887. The molecule has 0 heterocycles. The molecule has 0 unspecified atom stereocenters. The Labute approximate surface area is 114 Å². The molecule has 0 bridgehead atoms. The zero-order chi connectivity index (χ0) is 13.2. The summed E-state index contributed by atoms with van der Waals surface area (Å²) in [7, 11) is 0. The van der Waals surface area contributed by atoms with E-state index in [1.807, 2.05) is 24.3 Å². The average molecular weight is 256 g/mol. The van der Waals surface area contributed by atoms with Gasteiger partial charge in [-0.15, -0.1) is 0 Å². The second kappa shape index (κ2) is 5.22. The third-order valence-corrected chi connectivity index (χ3v) is 4.05. The second-order valence-electron chi connectivity index (χ2n) is 5.49. The molecule has 1 fully saturated rings. The SMILES string of the molecule is C[C@@H](O)c1ccc2ccccc2c1OCC1CCC1. The fraction of sp³-hybridized carbons (Fsp3) is 0.412. The van der Waals surface area contributed by atoms with Gasteiger partial charge in [0.15, 0.2) is 0 Å². The van der Waals surface area contributed by atoms with E-state index in [0.717, 1.165) is 28.7 Å². The van der Waals surface area contributed by atoms with E-state index in [-0.39, 0.29) is 0 Å². The number of hydrogen-bond acceptors (Lipinski definition) is 2. The first-order valence-corrected chi connectivity index (χ1v) is 7.08. The number of aliphatic hydroxyl groups is 1. The standard InChI is InChI=1S/C17H20O2/c1-12(18)15-10-9-14-7-2-3-8-16(14)17(15)19-11-13-5-4-6-13/h2-3,7-10,12-13,18H,4-6,11H2,1H3/t12-/m1/s1. The molecule has 2 heteroatoms. The van der Waals surface area contributed by atoms with Crippen LogP contribution in [0, 0.1) is 5.92 Å². The Hall–Kier alpha value is -1.54. The predicted molar refractivity (Wildman–Crippen MR) is 77.4 cm³/mol. The first kappa shape index (κ1) is 12.5. The highest BCUT2D eigenvalue weighted by atomic mass is 16.5. The van der Waals surface area contributed by atoms with Gasteiger partial charge < -0.3 is 9.84 Å². The Kier molecular flexibility index (Phi) is 3.43. The van der Waals surface area contributed by atoms with Crippen molar-refractivity contribution in [2.75, 3.05) is 6.61 Å².